The molecule has 4 nitrogen and oxygen atoms in total. The third kappa shape index (κ3) is 3.65. The number of hydrogen-bond acceptors (Lipinski definition) is 4. The predicted octanol–water partition coefficient (Wildman–Crippen LogP) is 1.29. The summed E-state index contributed by atoms with van der Waals surface area (Å²) in [4.78, 5) is 7.77. The lowest BCUT2D eigenvalue weighted by atomic mass is 9.89. The molecule has 0 aromatic carbocycles. The first kappa shape index (κ1) is 15.4. The average molecular weight is 254 g/mol. The normalized spacial score (nSPS) is 25.6. The number of hydroxylamine groups is 2. The van der Waals surface area contributed by atoms with Crippen LogP contribution in [0, 0.1) is 5.92 Å². The van der Waals surface area contributed by atoms with Crippen LogP contribution in [0.3, 0.4) is 0 Å². The van der Waals surface area contributed by atoms with Crippen LogP contribution in [-0.2, 0) is 4.84 Å². The summed E-state index contributed by atoms with van der Waals surface area (Å²) < 4.78 is 0. The van der Waals surface area contributed by atoms with Gasteiger partial charge in [-0.05, 0) is 18.5 Å². The molecule has 0 saturated heterocycles. The molecule has 18 heavy (non-hydrogen) atoms. The van der Waals surface area contributed by atoms with Gasteiger partial charge in [0.05, 0.1) is 25.3 Å². The lowest BCUT2D eigenvalue weighted by molar-refractivity contribution is -0.156. The highest BCUT2D eigenvalue weighted by Crippen LogP contribution is 2.25. The van der Waals surface area contributed by atoms with E-state index < -0.39 is 0 Å². The van der Waals surface area contributed by atoms with E-state index >= 15 is 0 Å². The number of likely N-dealkylation sites (N-methyl/N-ethyl adjacent to an activating group) is 2. The first-order valence-electron chi connectivity index (χ1n) is 6.50. The van der Waals surface area contributed by atoms with Gasteiger partial charge < -0.3 is 5.11 Å². The summed E-state index contributed by atoms with van der Waals surface area (Å²) in [6, 6.07) is 0.351. The van der Waals surface area contributed by atoms with Crippen molar-refractivity contribution in [3.05, 3.63) is 24.3 Å². The van der Waals surface area contributed by atoms with Gasteiger partial charge in [0.1, 0.15) is 0 Å². The molecule has 0 aromatic rings. The number of aliphatic hydroxyl groups excluding tert-OH is 1. The molecule has 1 aliphatic heterocycles. The van der Waals surface area contributed by atoms with Crippen LogP contribution in [0.1, 0.15) is 13.8 Å². The van der Waals surface area contributed by atoms with E-state index in [9.17, 15) is 5.11 Å². The van der Waals surface area contributed by atoms with Gasteiger partial charge in [0.2, 0.25) is 0 Å². The Hall–Kier alpha value is -0.680. The Morgan fingerprint density at radius 1 is 1.67 bits per heavy atom. The van der Waals surface area contributed by atoms with Crippen molar-refractivity contribution in [3.63, 3.8) is 0 Å². The maximum absolute atomic E-state index is 9.38. The lowest BCUT2D eigenvalue weighted by Crippen LogP contribution is -2.50. The van der Waals surface area contributed by atoms with Crippen molar-refractivity contribution in [2.45, 2.75) is 25.9 Å². The molecule has 0 amide bonds. The van der Waals surface area contributed by atoms with Gasteiger partial charge in [-0.25, -0.2) is 0 Å². The number of rotatable bonds is 6. The maximum atomic E-state index is 9.38. The van der Waals surface area contributed by atoms with E-state index in [0.29, 0.717) is 12.5 Å². The Balaban J connectivity index is 2.85. The highest BCUT2D eigenvalue weighted by atomic mass is 16.7. The minimum atomic E-state index is 0.117. The molecule has 0 saturated carbocycles. The fourth-order valence-electron chi connectivity index (χ4n) is 2.33. The standard InChI is InChI=1S/C14H26N2O2/c1-6-7-18-16(5)14-9-15(4)12(10-17)8-13(14)11(2)3/h6,8,11-12,14,17H,1,7,9-10H2,2-5H3/t12-,14-/m0/s1. The zero-order valence-corrected chi connectivity index (χ0v) is 12.0. The first-order chi connectivity index (χ1) is 8.51. The monoisotopic (exact) mass is 254 g/mol. The fraction of sp³-hybridized carbons (Fsp3) is 0.714. The van der Waals surface area contributed by atoms with Gasteiger partial charge in [0.15, 0.2) is 0 Å². The summed E-state index contributed by atoms with van der Waals surface area (Å²) in [5, 5.41) is 11.3. The van der Waals surface area contributed by atoms with Crippen LogP contribution in [0.25, 0.3) is 0 Å². The quantitative estimate of drug-likeness (QED) is 0.572. The van der Waals surface area contributed by atoms with E-state index in [2.05, 4.69) is 31.4 Å². The average Bonchev–Trinajstić information content (AvgIpc) is 2.35. The largest absolute Gasteiger partial charge is 0.394 e. The summed E-state index contributed by atoms with van der Waals surface area (Å²) in [7, 11) is 3.99. The van der Waals surface area contributed by atoms with Crippen molar-refractivity contribution in [1.82, 2.24) is 9.96 Å². The van der Waals surface area contributed by atoms with Crippen molar-refractivity contribution >= 4 is 0 Å². The van der Waals surface area contributed by atoms with E-state index in [1.54, 1.807) is 6.08 Å². The highest BCUT2D eigenvalue weighted by molar-refractivity contribution is 5.20. The SMILES string of the molecule is C=CCON(C)[C@H]1CN(C)[C@H](CO)C=C1C(C)C. The predicted molar refractivity (Wildman–Crippen MR) is 74.1 cm³/mol. The van der Waals surface area contributed by atoms with Crippen molar-refractivity contribution in [1.29, 1.82) is 0 Å². The van der Waals surface area contributed by atoms with Gasteiger partial charge in [0.25, 0.3) is 0 Å². The second-order valence-corrected chi connectivity index (χ2v) is 5.16. The van der Waals surface area contributed by atoms with Crippen LogP contribution in [-0.4, -0.2) is 61.0 Å². The molecule has 0 aromatic heterocycles. The summed E-state index contributed by atoms with van der Waals surface area (Å²) in [5.41, 5.74) is 1.33. The first-order valence-corrected chi connectivity index (χ1v) is 6.50. The molecular formula is C14H26N2O2. The Labute approximate surface area is 110 Å². The molecule has 1 N–H and O–H groups in total. The summed E-state index contributed by atoms with van der Waals surface area (Å²) in [6.07, 6.45) is 3.92. The molecule has 1 rings (SSSR count). The maximum Gasteiger partial charge on any atom is 0.0864 e. The lowest BCUT2D eigenvalue weighted by Gasteiger charge is -2.40. The van der Waals surface area contributed by atoms with Gasteiger partial charge in [-0.2, -0.15) is 5.06 Å². The second kappa shape index (κ2) is 7.04. The van der Waals surface area contributed by atoms with E-state index in [1.165, 1.54) is 5.57 Å². The van der Waals surface area contributed by atoms with Crippen molar-refractivity contribution in [2.24, 2.45) is 5.92 Å². The second-order valence-electron chi connectivity index (χ2n) is 5.16. The topological polar surface area (TPSA) is 35.9 Å². The Kier molecular flexibility index (Phi) is 6.02. The smallest absolute Gasteiger partial charge is 0.0864 e. The number of hydrogen-bond donors (Lipinski definition) is 1. The molecule has 4 heteroatoms. The molecule has 0 radical (unpaired) electrons. The number of aliphatic hydroxyl groups is 1. The zero-order chi connectivity index (χ0) is 13.7. The van der Waals surface area contributed by atoms with Crippen LogP contribution < -0.4 is 0 Å². The minimum absolute atomic E-state index is 0.117. The summed E-state index contributed by atoms with van der Waals surface area (Å²) in [6.45, 7) is 9.57. The van der Waals surface area contributed by atoms with Crippen LogP contribution in [0.5, 0.6) is 0 Å². The Morgan fingerprint density at radius 3 is 2.83 bits per heavy atom. The van der Waals surface area contributed by atoms with Gasteiger partial charge in [0, 0.05) is 13.6 Å². The third-order valence-electron chi connectivity index (χ3n) is 3.49. The van der Waals surface area contributed by atoms with Crippen LogP contribution >= 0.6 is 0 Å². The Morgan fingerprint density at radius 2 is 2.33 bits per heavy atom. The van der Waals surface area contributed by atoms with Gasteiger partial charge >= 0.3 is 0 Å². The highest BCUT2D eigenvalue weighted by Gasteiger charge is 2.30. The van der Waals surface area contributed by atoms with Crippen molar-refractivity contribution < 1.29 is 9.94 Å². The van der Waals surface area contributed by atoms with E-state index in [0.717, 1.165) is 6.54 Å². The Bertz CT molecular complexity index is 302. The molecule has 0 bridgehead atoms. The van der Waals surface area contributed by atoms with Crippen LogP contribution in [0.15, 0.2) is 24.3 Å². The molecule has 0 aliphatic carbocycles. The van der Waals surface area contributed by atoms with Gasteiger partial charge in [-0.1, -0.05) is 26.0 Å². The fourth-order valence-corrected chi connectivity index (χ4v) is 2.33. The van der Waals surface area contributed by atoms with Gasteiger partial charge in [-0.15, -0.1) is 6.58 Å². The van der Waals surface area contributed by atoms with Gasteiger partial charge in [-0.3, -0.25) is 9.74 Å². The minimum Gasteiger partial charge on any atom is -0.394 e. The van der Waals surface area contributed by atoms with E-state index in [1.807, 2.05) is 19.2 Å². The molecule has 1 aliphatic rings. The molecular weight excluding hydrogens is 228 g/mol. The molecule has 0 unspecified atom stereocenters. The van der Waals surface area contributed by atoms with Crippen molar-refractivity contribution in [3.8, 4) is 0 Å². The van der Waals surface area contributed by atoms with Crippen LogP contribution in [0.2, 0.25) is 0 Å². The summed E-state index contributed by atoms with van der Waals surface area (Å²) in [5.74, 6) is 0.451. The molecule has 1 heterocycles. The van der Waals surface area contributed by atoms with Crippen LogP contribution in [0.4, 0.5) is 0 Å². The molecule has 104 valence electrons. The molecule has 0 spiro atoms. The molecule has 2 atom stereocenters. The van der Waals surface area contributed by atoms with E-state index in [-0.39, 0.29) is 18.7 Å². The molecule has 0 fully saturated rings. The van der Waals surface area contributed by atoms with Crippen molar-refractivity contribution in [2.75, 3.05) is 33.9 Å². The zero-order valence-electron chi connectivity index (χ0n) is 12.0. The number of nitrogens with zero attached hydrogens (tertiary/aromatic N) is 2. The van der Waals surface area contributed by atoms with E-state index in [4.69, 9.17) is 4.84 Å². The summed E-state index contributed by atoms with van der Waals surface area (Å²) >= 11 is 0. The third-order valence-corrected chi connectivity index (χ3v) is 3.49.